The zero-order valence-electron chi connectivity index (χ0n) is 13.6. The zero-order chi connectivity index (χ0) is 17.8. The van der Waals surface area contributed by atoms with E-state index in [4.69, 9.17) is 4.74 Å². The summed E-state index contributed by atoms with van der Waals surface area (Å²) in [5.41, 5.74) is 1.71. The molecule has 0 aliphatic heterocycles. The molecule has 8 nitrogen and oxygen atoms in total. The van der Waals surface area contributed by atoms with Gasteiger partial charge in [0.2, 0.25) is 5.16 Å². The number of rotatable bonds is 6. The van der Waals surface area contributed by atoms with Crippen LogP contribution >= 0.6 is 11.8 Å². The molecular formula is C16H15N5O3S. The number of ether oxygens (including phenoxy) is 1. The van der Waals surface area contributed by atoms with E-state index >= 15 is 0 Å². The molecule has 1 aromatic heterocycles. The Balaban J connectivity index is 1.83. The molecule has 3 rings (SSSR count). The minimum atomic E-state index is -0.400. The van der Waals surface area contributed by atoms with E-state index in [1.54, 1.807) is 23.9 Å². The normalized spacial score (nSPS) is 11.9. The highest BCUT2D eigenvalue weighted by molar-refractivity contribution is 7.99. The first kappa shape index (κ1) is 16.9. The first-order valence-electron chi connectivity index (χ1n) is 7.42. The third-order valence-corrected chi connectivity index (χ3v) is 4.68. The summed E-state index contributed by atoms with van der Waals surface area (Å²) in [4.78, 5) is 10.5. The number of nitro benzene ring substituents is 1. The monoisotopic (exact) mass is 357 g/mol. The maximum Gasteiger partial charge on any atom is 0.269 e. The van der Waals surface area contributed by atoms with E-state index in [2.05, 4.69) is 15.5 Å². The lowest BCUT2D eigenvalue weighted by Crippen LogP contribution is -2.00. The molecule has 3 aromatic rings. The lowest BCUT2D eigenvalue weighted by molar-refractivity contribution is -0.384. The van der Waals surface area contributed by atoms with Crippen LogP contribution in [0.5, 0.6) is 5.75 Å². The number of tetrazole rings is 1. The number of hydrogen-bond donors (Lipinski definition) is 0. The van der Waals surface area contributed by atoms with E-state index in [-0.39, 0.29) is 10.9 Å². The smallest absolute Gasteiger partial charge is 0.269 e. The summed E-state index contributed by atoms with van der Waals surface area (Å²) in [5, 5.41) is 23.3. The van der Waals surface area contributed by atoms with Gasteiger partial charge in [-0.2, -0.15) is 4.68 Å². The SMILES string of the molecule is COc1ccc(-n2nnnc2SC(C)c2cccc([N+](=O)[O-])c2)cc1. The molecular weight excluding hydrogens is 342 g/mol. The maximum atomic E-state index is 10.9. The summed E-state index contributed by atoms with van der Waals surface area (Å²) in [7, 11) is 1.61. The van der Waals surface area contributed by atoms with Crippen LogP contribution in [-0.4, -0.2) is 32.2 Å². The Hall–Kier alpha value is -2.94. The van der Waals surface area contributed by atoms with Gasteiger partial charge in [0.05, 0.1) is 17.7 Å². The van der Waals surface area contributed by atoms with E-state index < -0.39 is 4.92 Å². The Bertz CT molecular complexity index is 881. The number of hydrogen-bond acceptors (Lipinski definition) is 7. The van der Waals surface area contributed by atoms with E-state index in [1.807, 2.05) is 37.3 Å². The van der Waals surface area contributed by atoms with Crippen molar-refractivity contribution >= 4 is 17.4 Å². The van der Waals surface area contributed by atoms with Crippen LogP contribution in [-0.2, 0) is 0 Å². The molecule has 0 N–H and O–H groups in total. The minimum Gasteiger partial charge on any atom is -0.497 e. The van der Waals surface area contributed by atoms with Crippen LogP contribution in [0.1, 0.15) is 17.7 Å². The van der Waals surface area contributed by atoms with Gasteiger partial charge >= 0.3 is 0 Å². The highest BCUT2D eigenvalue weighted by Crippen LogP contribution is 2.35. The fourth-order valence-electron chi connectivity index (χ4n) is 2.26. The number of methoxy groups -OCH3 is 1. The lowest BCUT2D eigenvalue weighted by atomic mass is 10.1. The number of aromatic nitrogens is 4. The average Bonchev–Trinajstić information content (AvgIpc) is 3.10. The summed E-state index contributed by atoms with van der Waals surface area (Å²) in [6.45, 7) is 1.96. The summed E-state index contributed by atoms with van der Waals surface area (Å²) >= 11 is 1.43. The Kier molecular flexibility index (Phi) is 4.94. The Morgan fingerprint density at radius 1 is 1.24 bits per heavy atom. The number of benzene rings is 2. The molecule has 25 heavy (non-hydrogen) atoms. The van der Waals surface area contributed by atoms with Crippen molar-refractivity contribution in [1.29, 1.82) is 0 Å². The quantitative estimate of drug-likeness (QED) is 0.379. The Morgan fingerprint density at radius 2 is 2.00 bits per heavy atom. The fraction of sp³-hybridized carbons (Fsp3) is 0.188. The highest BCUT2D eigenvalue weighted by atomic mass is 32.2. The van der Waals surface area contributed by atoms with Crippen molar-refractivity contribution in [3.8, 4) is 11.4 Å². The van der Waals surface area contributed by atoms with Crippen LogP contribution in [0.2, 0.25) is 0 Å². The van der Waals surface area contributed by atoms with E-state index in [0.29, 0.717) is 5.16 Å². The second-order valence-electron chi connectivity index (χ2n) is 5.18. The second kappa shape index (κ2) is 7.31. The zero-order valence-corrected chi connectivity index (χ0v) is 14.4. The Morgan fingerprint density at radius 3 is 2.68 bits per heavy atom. The molecule has 0 spiro atoms. The molecule has 2 aromatic carbocycles. The second-order valence-corrected chi connectivity index (χ2v) is 6.49. The van der Waals surface area contributed by atoms with Crippen molar-refractivity contribution in [3.05, 3.63) is 64.2 Å². The van der Waals surface area contributed by atoms with Gasteiger partial charge in [-0.15, -0.1) is 5.10 Å². The van der Waals surface area contributed by atoms with Gasteiger partial charge in [-0.05, 0) is 47.2 Å². The molecule has 0 bridgehead atoms. The van der Waals surface area contributed by atoms with E-state index in [1.165, 1.54) is 17.8 Å². The Labute approximate surface area is 148 Å². The van der Waals surface area contributed by atoms with E-state index in [0.717, 1.165) is 17.0 Å². The molecule has 9 heteroatoms. The molecule has 1 heterocycles. The van der Waals surface area contributed by atoms with Gasteiger partial charge in [0, 0.05) is 17.4 Å². The first-order valence-corrected chi connectivity index (χ1v) is 8.30. The van der Waals surface area contributed by atoms with Crippen LogP contribution < -0.4 is 4.74 Å². The van der Waals surface area contributed by atoms with Crippen molar-refractivity contribution < 1.29 is 9.66 Å². The van der Waals surface area contributed by atoms with Crippen molar-refractivity contribution in [2.45, 2.75) is 17.3 Å². The standard InChI is InChI=1S/C16H15N5O3S/c1-11(12-4-3-5-14(10-12)21(22)23)25-16-17-18-19-20(16)13-6-8-15(24-2)9-7-13/h3-11H,1-2H3. The molecule has 0 saturated heterocycles. The molecule has 0 radical (unpaired) electrons. The van der Waals surface area contributed by atoms with Crippen LogP contribution in [0.4, 0.5) is 5.69 Å². The minimum absolute atomic E-state index is 0.0529. The maximum absolute atomic E-state index is 10.9. The molecule has 0 saturated carbocycles. The molecule has 0 aliphatic rings. The van der Waals surface area contributed by atoms with Crippen molar-refractivity contribution in [2.24, 2.45) is 0 Å². The summed E-state index contributed by atoms with van der Waals surface area (Å²) in [5.74, 6) is 0.746. The topological polar surface area (TPSA) is 96.0 Å². The van der Waals surface area contributed by atoms with Crippen molar-refractivity contribution in [3.63, 3.8) is 0 Å². The largest absolute Gasteiger partial charge is 0.497 e. The molecule has 0 amide bonds. The lowest BCUT2D eigenvalue weighted by Gasteiger charge is -2.11. The predicted molar refractivity (Wildman–Crippen MR) is 93.1 cm³/mol. The van der Waals surface area contributed by atoms with Crippen LogP contribution in [0.25, 0.3) is 5.69 Å². The molecule has 1 unspecified atom stereocenters. The van der Waals surface area contributed by atoms with Gasteiger partial charge in [-0.25, -0.2) is 0 Å². The number of nitrogens with zero attached hydrogens (tertiary/aromatic N) is 5. The van der Waals surface area contributed by atoms with Crippen LogP contribution in [0.15, 0.2) is 53.7 Å². The third-order valence-electron chi connectivity index (χ3n) is 3.59. The van der Waals surface area contributed by atoms with Crippen molar-refractivity contribution in [1.82, 2.24) is 20.2 Å². The van der Waals surface area contributed by atoms with Gasteiger partial charge in [-0.3, -0.25) is 10.1 Å². The van der Waals surface area contributed by atoms with Gasteiger partial charge in [0.1, 0.15) is 5.75 Å². The molecule has 0 aliphatic carbocycles. The highest BCUT2D eigenvalue weighted by Gasteiger charge is 2.17. The molecule has 0 fully saturated rings. The third kappa shape index (κ3) is 3.77. The first-order chi connectivity index (χ1) is 12.1. The van der Waals surface area contributed by atoms with Gasteiger partial charge in [0.15, 0.2) is 0 Å². The van der Waals surface area contributed by atoms with E-state index in [9.17, 15) is 10.1 Å². The number of nitro groups is 1. The molecule has 128 valence electrons. The number of non-ortho nitro benzene ring substituents is 1. The average molecular weight is 357 g/mol. The van der Waals surface area contributed by atoms with Gasteiger partial charge in [-0.1, -0.05) is 23.9 Å². The summed E-state index contributed by atoms with van der Waals surface area (Å²) in [6, 6.07) is 13.9. The predicted octanol–water partition coefficient (Wildman–Crippen LogP) is 3.43. The van der Waals surface area contributed by atoms with Crippen LogP contribution in [0, 0.1) is 10.1 Å². The fourth-order valence-corrected chi connectivity index (χ4v) is 3.18. The van der Waals surface area contributed by atoms with Gasteiger partial charge < -0.3 is 4.74 Å². The summed E-state index contributed by atoms with van der Waals surface area (Å²) < 4.78 is 6.77. The number of thioether (sulfide) groups is 1. The summed E-state index contributed by atoms with van der Waals surface area (Å²) in [6.07, 6.45) is 0. The van der Waals surface area contributed by atoms with Crippen LogP contribution in [0.3, 0.4) is 0 Å². The van der Waals surface area contributed by atoms with Crippen molar-refractivity contribution in [2.75, 3.05) is 7.11 Å². The van der Waals surface area contributed by atoms with Gasteiger partial charge in [0.25, 0.3) is 5.69 Å². The molecule has 1 atom stereocenters.